The fraction of sp³-hybridized carbons (Fsp3) is 0.531. The molecule has 218 valence electrons. The molecule has 2 N–H and O–H groups in total. The molecule has 4 heterocycles. The first-order valence-corrected chi connectivity index (χ1v) is 15.3. The lowest BCUT2D eigenvalue weighted by molar-refractivity contribution is 0.0997. The summed E-state index contributed by atoms with van der Waals surface area (Å²) in [6.45, 7) is 6.89. The van der Waals surface area contributed by atoms with Gasteiger partial charge in [0.15, 0.2) is 0 Å². The van der Waals surface area contributed by atoms with Gasteiger partial charge in [0.2, 0.25) is 0 Å². The number of nitrogens with one attached hydrogen (secondary N) is 1. The van der Waals surface area contributed by atoms with E-state index in [0.717, 1.165) is 64.6 Å². The van der Waals surface area contributed by atoms with E-state index in [1.165, 1.54) is 12.5 Å². The van der Waals surface area contributed by atoms with Crippen molar-refractivity contribution in [1.82, 2.24) is 15.3 Å². The molecule has 2 unspecified atom stereocenters. The Labute approximate surface area is 240 Å². The molecule has 0 saturated carbocycles. The third-order valence-corrected chi connectivity index (χ3v) is 8.83. The Morgan fingerprint density at radius 3 is 2.63 bits per heavy atom. The van der Waals surface area contributed by atoms with Crippen molar-refractivity contribution in [3.05, 3.63) is 46.9 Å². The number of aryl methyl sites for hydroxylation is 1. The van der Waals surface area contributed by atoms with Gasteiger partial charge < -0.3 is 25.0 Å². The van der Waals surface area contributed by atoms with Gasteiger partial charge in [-0.05, 0) is 74.6 Å². The first kappa shape index (κ1) is 27.7. The van der Waals surface area contributed by atoms with E-state index in [1.807, 2.05) is 6.92 Å². The summed E-state index contributed by atoms with van der Waals surface area (Å²) in [4.78, 5) is 27.7. The third kappa shape index (κ3) is 5.44. The molecule has 2 atom stereocenters. The lowest BCUT2D eigenvalue weighted by Crippen LogP contribution is -2.31. The van der Waals surface area contributed by atoms with Gasteiger partial charge >= 0.3 is 6.01 Å². The maximum atomic E-state index is 14.9. The number of ether oxygens (including phenoxy) is 1. The number of rotatable bonds is 8. The van der Waals surface area contributed by atoms with E-state index >= 15 is 0 Å². The molecule has 2 fully saturated rings. The minimum Gasteiger partial charge on any atom is -0.508 e. The number of phenolic OH excluding ortho intramolecular Hbond substituents is 1. The van der Waals surface area contributed by atoms with Crippen molar-refractivity contribution in [2.75, 3.05) is 29.4 Å². The highest BCUT2D eigenvalue weighted by Gasteiger charge is 2.37. The first-order valence-electron chi connectivity index (χ1n) is 15.3. The van der Waals surface area contributed by atoms with Gasteiger partial charge in [-0.2, -0.15) is 9.97 Å². The van der Waals surface area contributed by atoms with Crippen LogP contribution in [0.3, 0.4) is 0 Å². The summed E-state index contributed by atoms with van der Waals surface area (Å²) in [5.41, 5.74) is 2.10. The van der Waals surface area contributed by atoms with E-state index in [4.69, 9.17) is 14.7 Å². The highest BCUT2D eigenvalue weighted by Crippen LogP contribution is 2.41. The quantitative estimate of drug-likeness (QED) is 0.355. The average molecular weight is 562 g/mol. The number of halogens is 1. The van der Waals surface area contributed by atoms with Gasteiger partial charge in [-0.25, -0.2) is 4.39 Å². The van der Waals surface area contributed by atoms with Crippen LogP contribution in [0.4, 0.5) is 15.9 Å². The summed E-state index contributed by atoms with van der Waals surface area (Å²) in [5.74, 6) is 0.101. The van der Waals surface area contributed by atoms with Gasteiger partial charge in [0.25, 0.3) is 5.91 Å². The molecule has 1 aromatic heterocycles. The summed E-state index contributed by atoms with van der Waals surface area (Å²) in [6, 6.07) is 6.99. The Balaban J connectivity index is 1.41. The average Bonchev–Trinajstić information content (AvgIpc) is 3.50. The summed E-state index contributed by atoms with van der Waals surface area (Å²) in [6.07, 6.45) is 8.86. The second-order valence-electron chi connectivity index (χ2n) is 11.6. The van der Waals surface area contributed by atoms with Crippen LogP contribution < -0.4 is 19.9 Å². The SMILES string of the molecule is CCc1c(F)ccc2cc(O)cc(N3Cc4nc(OC(CC)CC5CCCN5)nc(N5CCCCCC5)c4C3=O)c12. The Morgan fingerprint density at radius 1 is 1.12 bits per heavy atom. The number of amides is 1. The molecule has 0 radical (unpaired) electrons. The van der Waals surface area contributed by atoms with Gasteiger partial charge in [0.05, 0.1) is 17.9 Å². The second kappa shape index (κ2) is 11.8. The number of hydrogen-bond donors (Lipinski definition) is 2. The van der Waals surface area contributed by atoms with E-state index in [9.17, 15) is 14.3 Å². The van der Waals surface area contributed by atoms with Crippen LogP contribution in [0.1, 0.15) is 86.8 Å². The van der Waals surface area contributed by atoms with Crippen LogP contribution in [0.25, 0.3) is 10.8 Å². The van der Waals surface area contributed by atoms with Gasteiger partial charge in [-0.1, -0.05) is 32.8 Å². The number of aromatic nitrogens is 2. The zero-order valence-corrected chi connectivity index (χ0v) is 24.1. The van der Waals surface area contributed by atoms with Gasteiger partial charge in [0.1, 0.15) is 29.1 Å². The molecular weight excluding hydrogens is 521 g/mol. The molecule has 2 saturated heterocycles. The van der Waals surface area contributed by atoms with E-state index < -0.39 is 0 Å². The number of nitrogens with zero attached hydrogens (tertiary/aromatic N) is 4. The summed E-state index contributed by atoms with van der Waals surface area (Å²) >= 11 is 0. The molecule has 3 aliphatic rings. The summed E-state index contributed by atoms with van der Waals surface area (Å²) in [7, 11) is 0. The van der Waals surface area contributed by atoms with Crippen molar-refractivity contribution in [2.45, 2.75) is 90.3 Å². The molecule has 9 heteroatoms. The van der Waals surface area contributed by atoms with Crippen LogP contribution in [-0.2, 0) is 13.0 Å². The van der Waals surface area contributed by atoms with Crippen LogP contribution in [0.2, 0.25) is 0 Å². The molecule has 2 aromatic carbocycles. The minimum absolute atomic E-state index is 0.0269. The lowest BCUT2D eigenvalue weighted by Gasteiger charge is -2.25. The number of aromatic hydroxyl groups is 1. The van der Waals surface area contributed by atoms with Crippen molar-refractivity contribution < 1.29 is 19.0 Å². The number of fused-ring (bicyclic) bond motifs is 2. The van der Waals surface area contributed by atoms with Gasteiger partial charge in [0, 0.05) is 30.6 Å². The minimum atomic E-state index is -0.320. The van der Waals surface area contributed by atoms with Crippen molar-refractivity contribution >= 4 is 28.2 Å². The molecule has 1 amide bonds. The lowest BCUT2D eigenvalue weighted by atomic mass is 9.99. The molecule has 6 rings (SSSR count). The molecule has 0 aliphatic carbocycles. The molecular formula is C32H40FN5O3. The number of hydrogen-bond acceptors (Lipinski definition) is 7. The van der Waals surface area contributed by atoms with Crippen LogP contribution in [0.5, 0.6) is 11.8 Å². The van der Waals surface area contributed by atoms with Gasteiger partial charge in [-0.3, -0.25) is 4.79 Å². The van der Waals surface area contributed by atoms with Crippen molar-refractivity contribution in [3.63, 3.8) is 0 Å². The molecule has 8 nitrogen and oxygen atoms in total. The molecule has 3 aliphatic heterocycles. The van der Waals surface area contributed by atoms with Crippen molar-refractivity contribution in [2.24, 2.45) is 0 Å². The largest absolute Gasteiger partial charge is 0.508 e. The maximum Gasteiger partial charge on any atom is 0.318 e. The van der Waals surface area contributed by atoms with Crippen molar-refractivity contribution in [1.29, 1.82) is 0 Å². The second-order valence-corrected chi connectivity index (χ2v) is 11.6. The van der Waals surface area contributed by atoms with Gasteiger partial charge in [-0.15, -0.1) is 0 Å². The third-order valence-electron chi connectivity index (χ3n) is 8.83. The van der Waals surface area contributed by atoms with E-state index in [1.54, 1.807) is 23.1 Å². The number of carbonyl (C=O) groups excluding carboxylic acids is 1. The number of phenols is 1. The standard InChI is InChI=1S/C32H40FN5O3/c1-3-23(17-21-10-9-13-34-21)41-32-35-26-19-38(31(40)29(26)30(36-32)37-14-7-5-6-8-15-37)27-18-22(39)16-20-11-12-25(33)24(4-2)28(20)27/h11-12,16,18,21,23,34,39H,3-10,13-15,17,19H2,1-2H3. The highest BCUT2D eigenvalue weighted by molar-refractivity contribution is 6.16. The van der Waals surface area contributed by atoms with E-state index in [0.29, 0.717) is 57.6 Å². The first-order chi connectivity index (χ1) is 20.0. The van der Waals surface area contributed by atoms with Crippen LogP contribution in [0, 0.1) is 5.82 Å². The summed E-state index contributed by atoms with van der Waals surface area (Å²) < 4.78 is 21.4. The number of anilines is 2. The van der Waals surface area contributed by atoms with Crippen LogP contribution in [-0.4, -0.2) is 52.8 Å². The molecule has 0 spiro atoms. The zero-order chi connectivity index (χ0) is 28.5. The Hall–Kier alpha value is -3.46. The van der Waals surface area contributed by atoms with E-state index in [2.05, 4.69) is 17.1 Å². The van der Waals surface area contributed by atoms with E-state index in [-0.39, 0.29) is 30.1 Å². The Morgan fingerprint density at radius 2 is 1.93 bits per heavy atom. The molecule has 3 aromatic rings. The van der Waals surface area contributed by atoms with Crippen LogP contribution >= 0.6 is 0 Å². The number of benzene rings is 2. The fourth-order valence-corrected chi connectivity index (χ4v) is 6.68. The monoisotopic (exact) mass is 561 g/mol. The smallest absolute Gasteiger partial charge is 0.318 e. The van der Waals surface area contributed by atoms with Crippen molar-refractivity contribution in [3.8, 4) is 11.8 Å². The molecule has 0 bridgehead atoms. The van der Waals surface area contributed by atoms with Crippen LogP contribution in [0.15, 0.2) is 24.3 Å². The topological polar surface area (TPSA) is 90.8 Å². The summed E-state index contributed by atoms with van der Waals surface area (Å²) in [5, 5.41) is 15.5. The number of carbonyl (C=O) groups is 1. The zero-order valence-electron chi connectivity index (χ0n) is 24.1. The fourth-order valence-electron chi connectivity index (χ4n) is 6.68. The highest BCUT2D eigenvalue weighted by atomic mass is 19.1. The predicted octanol–water partition coefficient (Wildman–Crippen LogP) is 5.88. The molecule has 41 heavy (non-hydrogen) atoms. The maximum absolute atomic E-state index is 14.9. The predicted molar refractivity (Wildman–Crippen MR) is 159 cm³/mol. The normalized spacial score (nSPS) is 20.0. The Bertz CT molecular complexity index is 1430. The Kier molecular flexibility index (Phi) is 7.97.